The highest BCUT2D eigenvalue weighted by Crippen LogP contribution is 2.39. The Morgan fingerprint density at radius 3 is 2.16 bits per heavy atom. The first-order chi connectivity index (χ1) is 32.1. The number of methoxy groups -OCH3 is 2. The van der Waals surface area contributed by atoms with E-state index in [0.29, 0.717) is 17.8 Å². The zero-order chi connectivity index (χ0) is 47.7. The van der Waals surface area contributed by atoms with Crippen LogP contribution in [0.5, 0.6) is 11.5 Å². The summed E-state index contributed by atoms with van der Waals surface area (Å²) in [4.78, 5) is 93.6. The van der Waals surface area contributed by atoms with Crippen molar-refractivity contribution in [2.75, 3.05) is 90.7 Å². The van der Waals surface area contributed by atoms with Gasteiger partial charge in [-0.2, -0.15) is 0 Å². The fraction of sp³-hybridized carbons (Fsp3) is 0.490. The minimum absolute atomic E-state index is 0.0141. The number of amides is 4. The lowest BCUT2D eigenvalue weighted by Gasteiger charge is -2.38. The summed E-state index contributed by atoms with van der Waals surface area (Å²) in [6.45, 7) is 9.46. The Kier molecular flexibility index (Phi) is 13.8. The molecule has 18 heteroatoms. The number of anilines is 2. The summed E-state index contributed by atoms with van der Waals surface area (Å²) < 4.78 is 23.5. The predicted molar refractivity (Wildman–Crippen MR) is 251 cm³/mol. The number of ether oxygens (including phenoxy) is 4. The zero-order valence-electron chi connectivity index (χ0n) is 39.4. The second kappa shape index (κ2) is 19.7. The Labute approximate surface area is 389 Å². The quantitative estimate of drug-likeness (QED) is 0.125. The third-order valence-electron chi connectivity index (χ3n) is 13.5. The van der Waals surface area contributed by atoms with Crippen LogP contribution in [-0.2, 0) is 32.7 Å². The molecule has 0 bridgehead atoms. The number of nitrogens with zero attached hydrogens (tertiary/aromatic N) is 8. The van der Waals surface area contributed by atoms with Crippen LogP contribution in [0.3, 0.4) is 0 Å². The van der Waals surface area contributed by atoms with Crippen LogP contribution >= 0.6 is 0 Å². The highest BCUT2D eigenvalue weighted by atomic mass is 16.7. The fourth-order valence-electron chi connectivity index (χ4n) is 9.64. The number of benzene rings is 2. The number of aromatic nitrogens is 2. The molecule has 0 N–H and O–H groups in total. The Morgan fingerprint density at radius 2 is 1.51 bits per heavy atom. The molecule has 18 nitrogen and oxygen atoms in total. The molecule has 4 aromatic rings. The number of piperidine rings is 2. The van der Waals surface area contributed by atoms with Crippen LogP contribution in [0.15, 0.2) is 53.6 Å². The average molecular weight is 921 g/mol. The van der Waals surface area contributed by atoms with Crippen molar-refractivity contribution in [3.63, 3.8) is 0 Å². The molecule has 3 saturated heterocycles. The van der Waals surface area contributed by atoms with Gasteiger partial charge in [-0.25, -0.2) is 14.7 Å². The molecule has 1 atom stereocenters. The van der Waals surface area contributed by atoms with Gasteiger partial charge in [0.25, 0.3) is 23.3 Å². The fourth-order valence-corrected chi connectivity index (χ4v) is 9.64. The summed E-state index contributed by atoms with van der Waals surface area (Å²) in [7, 11) is 8.96. The van der Waals surface area contributed by atoms with Crippen molar-refractivity contribution >= 4 is 52.1 Å². The van der Waals surface area contributed by atoms with Gasteiger partial charge in [0.2, 0.25) is 5.91 Å². The smallest absolute Gasteiger partial charge is 0.496 e. The maximum Gasteiger partial charge on any atom is 0.510 e. The molecule has 0 spiro atoms. The standard InChI is InChI=1S/C49H60N8O10/c1-30(2)67-49(63)66-29-56-44(58)11-10-40(48(56)62)57-46(60)34-9-8-33(24-36(34)47(57)61)55-20-18-53(19-21-55)15-12-31-13-16-54(17-14-31)28-39-41(64-6)22-32(23-42(39)65-7)38-27-52(5)45(59)37-26-50-43(51(3)4)25-35(37)38/h8-9,22-27,30-31,40H,10-21,28-29H2,1-7H3. The third-order valence-corrected chi connectivity index (χ3v) is 13.5. The van der Waals surface area contributed by atoms with Gasteiger partial charge in [-0.3, -0.25) is 38.7 Å². The Morgan fingerprint density at radius 1 is 0.821 bits per heavy atom. The van der Waals surface area contributed by atoms with E-state index >= 15 is 0 Å². The molecular weight excluding hydrogens is 861 g/mol. The van der Waals surface area contributed by atoms with Crippen LogP contribution in [0, 0.1) is 5.92 Å². The van der Waals surface area contributed by atoms with Gasteiger partial charge in [-0.1, -0.05) is 0 Å². The lowest BCUT2D eigenvalue weighted by atomic mass is 9.92. The van der Waals surface area contributed by atoms with Gasteiger partial charge in [0.1, 0.15) is 23.4 Å². The monoisotopic (exact) mass is 920 g/mol. The Hall–Kier alpha value is -6.53. The number of carbonyl (C=O) groups excluding carboxylic acids is 5. The zero-order valence-corrected chi connectivity index (χ0v) is 39.4. The van der Waals surface area contributed by atoms with Gasteiger partial charge in [-0.15, -0.1) is 0 Å². The molecule has 4 amide bonds. The number of aryl methyl sites for hydroxylation is 1. The number of pyridine rings is 2. The average Bonchev–Trinajstić information content (AvgIpc) is 3.57. The summed E-state index contributed by atoms with van der Waals surface area (Å²) in [6.07, 6.45) is 5.20. The molecule has 6 heterocycles. The third kappa shape index (κ3) is 9.68. The van der Waals surface area contributed by atoms with Crippen LogP contribution in [-0.4, -0.2) is 152 Å². The van der Waals surface area contributed by atoms with Crippen molar-refractivity contribution in [2.24, 2.45) is 13.0 Å². The van der Waals surface area contributed by atoms with Crippen LogP contribution < -0.4 is 24.8 Å². The number of fused-ring (bicyclic) bond motifs is 2. The first-order valence-corrected chi connectivity index (χ1v) is 23.0. The summed E-state index contributed by atoms with van der Waals surface area (Å²) in [6, 6.07) is 10.0. The van der Waals surface area contributed by atoms with Crippen molar-refractivity contribution in [3.05, 3.63) is 75.8 Å². The van der Waals surface area contributed by atoms with E-state index in [2.05, 4.69) is 19.7 Å². The number of rotatable bonds is 14. The van der Waals surface area contributed by atoms with E-state index in [9.17, 15) is 28.8 Å². The summed E-state index contributed by atoms with van der Waals surface area (Å²) in [5.74, 6) is 0.324. The summed E-state index contributed by atoms with van der Waals surface area (Å²) in [5.41, 5.74) is 3.93. The topological polar surface area (TPSA) is 177 Å². The Bertz CT molecular complexity index is 2610. The lowest BCUT2D eigenvalue weighted by Crippen LogP contribution is -2.56. The lowest BCUT2D eigenvalue weighted by molar-refractivity contribution is -0.156. The van der Waals surface area contributed by atoms with Gasteiger partial charge < -0.3 is 33.3 Å². The van der Waals surface area contributed by atoms with Crippen LogP contribution in [0.2, 0.25) is 0 Å². The number of hydrogen-bond donors (Lipinski definition) is 0. The molecule has 0 aliphatic carbocycles. The van der Waals surface area contributed by atoms with E-state index in [0.717, 1.165) is 120 Å². The number of imide groups is 2. The normalized spacial score (nSPS) is 18.6. The number of piperazine rings is 1. The molecule has 0 saturated carbocycles. The number of carbonyl (C=O) groups is 5. The van der Waals surface area contributed by atoms with Crippen molar-refractivity contribution in [3.8, 4) is 22.6 Å². The summed E-state index contributed by atoms with van der Waals surface area (Å²) >= 11 is 0. The van der Waals surface area contributed by atoms with E-state index in [-0.39, 0.29) is 29.5 Å². The van der Waals surface area contributed by atoms with E-state index in [1.165, 1.54) is 0 Å². The SMILES string of the molecule is COc1cc(-c2cn(C)c(=O)c3cnc(N(C)C)cc23)cc(OC)c1CN1CCC(CCN2CCN(c3ccc4c(c3)C(=O)N(C3CCC(=O)N(COC(=O)OC(C)C)C3=O)C4=O)CC2)CC1. The molecule has 67 heavy (non-hydrogen) atoms. The highest BCUT2D eigenvalue weighted by Gasteiger charge is 2.47. The van der Waals surface area contributed by atoms with Crippen LogP contribution in [0.1, 0.15) is 72.2 Å². The Balaban J connectivity index is 0.830. The van der Waals surface area contributed by atoms with E-state index in [4.69, 9.17) is 18.9 Å². The molecule has 2 aromatic heterocycles. The van der Waals surface area contributed by atoms with E-state index < -0.39 is 48.7 Å². The van der Waals surface area contributed by atoms with Crippen LogP contribution in [0.25, 0.3) is 21.9 Å². The van der Waals surface area contributed by atoms with Crippen molar-refractivity contribution < 1.29 is 42.9 Å². The molecule has 4 aliphatic rings. The van der Waals surface area contributed by atoms with Gasteiger partial charge in [0.05, 0.1) is 42.4 Å². The largest absolute Gasteiger partial charge is 0.510 e. The van der Waals surface area contributed by atoms with Crippen molar-refractivity contribution in [2.45, 2.75) is 64.6 Å². The maximum absolute atomic E-state index is 13.8. The molecule has 0 radical (unpaired) electrons. The summed E-state index contributed by atoms with van der Waals surface area (Å²) in [5, 5.41) is 1.36. The second-order valence-corrected chi connectivity index (χ2v) is 18.3. The molecule has 2 aromatic carbocycles. The van der Waals surface area contributed by atoms with Gasteiger partial charge in [0.15, 0.2) is 6.73 Å². The number of hydrogen-bond acceptors (Lipinski definition) is 15. The first-order valence-electron chi connectivity index (χ1n) is 23.0. The second-order valence-electron chi connectivity index (χ2n) is 18.3. The van der Waals surface area contributed by atoms with Gasteiger partial charge >= 0.3 is 6.16 Å². The molecule has 4 aliphatic heterocycles. The van der Waals surface area contributed by atoms with Crippen molar-refractivity contribution in [1.29, 1.82) is 0 Å². The predicted octanol–water partition coefficient (Wildman–Crippen LogP) is 4.74. The van der Waals surface area contributed by atoms with Crippen molar-refractivity contribution in [1.82, 2.24) is 29.2 Å². The first kappa shape index (κ1) is 47.0. The maximum atomic E-state index is 13.8. The minimum Gasteiger partial charge on any atom is -0.496 e. The van der Waals surface area contributed by atoms with E-state index in [1.54, 1.807) is 58.0 Å². The minimum atomic E-state index is -1.20. The number of likely N-dealkylation sites (tertiary alicyclic amines) is 2. The van der Waals surface area contributed by atoms with E-state index in [1.807, 2.05) is 49.5 Å². The molecule has 356 valence electrons. The molecular formula is C49H60N8O10. The highest BCUT2D eigenvalue weighted by molar-refractivity contribution is 6.23. The van der Waals surface area contributed by atoms with Crippen LogP contribution in [0.4, 0.5) is 16.3 Å². The van der Waals surface area contributed by atoms with Gasteiger partial charge in [-0.05, 0) is 107 Å². The molecule has 8 rings (SSSR count). The molecule has 3 fully saturated rings. The van der Waals surface area contributed by atoms with Gasteiger partial charge in [0, 0.05) is 89.3 Å². The molecule has 1 unspecified atom stereocenters.